The minimum Gasteiger partial charge on any atom is -0.495 e. The van der Waals surface area contributed by atoms with E-state index in [4.69, 9.17) is 25.5 Å². The molecular formula is C18H16ClN3O4. The minimum absolute atomic E-state index is 0.146. The van der Waals surface area contributed by atoms with Gasteiger partial charge in [-0.1, -0.05) is 41.9 Å². The van der Waals surface area contributed by atoms with E-state index < -0.39 is 5.91 Å². The Labute approximate surface area is 154 Å². The highest BCUT2D eigenvalue weighted by Crippen LogP contribution is 2.36. The maximum absolute atomic E-state index is 12.4. The topological polar surface area (TPSA) is 86.5 Å². The Morgan fingerprint density at radius 3 is 2.54 bits per heavy atom. The van der Waals surface area contributed by atoms with Crippen molar-refractivity contribution in [2.75, 3.05) is 19.5 Å². The maximum Gasteiger partial charge on any atom is 0.313 e. The van der Waals surface area contributed by atoms with Crippen molar-refractivity contribution in [1.82, 2.24) is 10.2 Å². The van der Waals surface area contributed by atoms with Crippen LogP contribution in [0.3, 0.4) is 0 Å². The normalized spacial score (nSPS) is 10.4. The first-order valence-electron chi connectivity index (χ1n) is 7.70. The molecular weight excluding hydrogens is 358 g/mol. The average molecular weight is 374 g/mol. The summed E-state index contributed by atoms with van der Waals surface area (Å²) >= 11 is 6.06. The third-order valence-corrected chi connectivity index (χ3v) is 3.88. The minimum atomic E-state index is -0.556. The lowest BCUT2D eigenvalue weighted by Crippen LogP contribution is -2.13. The van der Waals surface area contributed by atoms with Gasteiger partial charge in [-0.15, -0.1) is 10.2 Å². The zero-order chi connectivity index (χ0) is 18.5. The highest BCUT2D eigenvalue weighted by atomic mass is 35.5. The van der Waals surface area contributed by atoms with Gasteiger partial charge in [0.2, 0.25) is 5.89 Å². The molecule has 0 saturated carbocycles. The number of carbonyl (C=O) groups is 1. The zero-order valence-electron chi connectivity index (χ0n) is 14.2. The molecule has 3 aromatic rings. The van der Waals surface area contributed by atoms with Crippen LogP contribution >= 0.6 is 11.6 Å². The molecule has 1 N–H and O–H groups in total. The van der Waals surface area contributed by atoms with Crippen LogP contribution in [-0.2, 0) is 6.42 Å². The highest BCUT2D eigenvalue weighted by Gasteiger charge is 2.18. The SMILES string of the molecule is COc1cc(NC(=O)c2nnc(Cc3ccccc3)o2)c(OC)cc1Cl. The third-order valence-electron chi connectivity index (χ3n) is 3.58. The van der Waals surface area contributed by atoms with Crippen molar-refractivity contribution in [1.29, 1.82) is 0 Å². The van der Waals surface area contributed by atoms with Crippen LogP contribution in [0.4, 0.5) is 5.69 Å². The number of halogens is 1. The summed E-state index contributed by atoms with van der Waals surface area (Å²) in [6.45, 7) is 0. The maximum atomic E-state index is 12.4. The predicted octanol–water partition coefficient (Wildman–Crippen LogP) is 3.58. The first-order chi connectivity index (χ1) is 12.6. The molecule has 0 radical (unpaired) electrons. The van der Waals surface area contributed by atoms with E-state index in [1.165, 1.54) is 14.2 Å². The highest BCUT2D eigenvalue weighted by molar-refractivity contribution is 6.32. The standard InChI is InChI=1S/C18H16ClN3O4/c1-24-14-10-13(15(25-2)9-12(14)19)20-17(23)18-22-21-16(26-18)8-11-6-4-3-5-7-11/h3-7,9-10H,8H2,1-2H3,(H,20,23). The molecule has 1 heterocycles. The van der Waals surface area contributed by atoms with E-state index in [1.54, 1.807) is 12.1 Å². The van der Waals surface area contributed by atoms with Gasteiger partial charge < -0.3 is 19.2 Å². The summed E-state index contributed by atoms with van der Waals surface area (Å²) in [6.07, 6.45) is 0.444. The zero-order valence-corrected chi connectivity index (χ0v) is 14.9. The summed E-state index contributed by atoms with van der Waals surface area (Å²) < 4.78 is 15.8. The van der Waals surface area contributed by atoms with Crippen LogP contribution in [0.2, 0.25) is 5.02 Å². The number of anilines is 1. The van der Waals surface area contributed by atoms with Gasteiger partial charge in [0.1, 0.15) is 11.5 Å². The first kappa shape index (κ1) is 17.8. The van der Waals surface area contributed by atoms with Crippen molar-refractivity contribution < 1.29 is 18.7 Å². The molecule has 2 aromatic carbocycles. The van der Waals surface area contributed by atoms with Gasteiger partial charge in [0.25, 0.3) is 0 Å². The molecule has 1 aromatic heterocycles. The Balaban J connectivity index is 1.76. The second kappa shape index (κ2) is 7.88. The number of hydrogen-bond donors (Lipinski definition) is 1. The fraction of sp³-hybridized carbons (Fsp3) is 0.167. The van der Waals surface area contributed by atoms with Gasteiger partial charge in [-0.25, -0.2) is 0 Å². The van der Waals surface area contributed by atoms with Gasteiger partial charge in [0.15, 0.2) is 0 Å². The molecule has 0 atom stereocenters. The molecule has 0 aliphatic heterocycles. The van der Waals surface area contributed by atoms with E-state index in [1.807, 2.05) is 30.3 Å². The molecule has 0 fully saturated rings. The van der Waals surface area contributed by atoms with E-state index in [0.717, 1.165) is 5.56 Å². The van der Waals surface area contributed by atoms with Gasteiger partial charge >= 0.3 is 11.8 Å². The molecule has 0 aliphatic rings. The summed E-state index contributed by atoms with van der Waals surface area (Å²) in [5, 5.41) is 10.7. The van der Waals surface area contributed by atoms with Crippen LogP contribution in [0.1, 0.15) is 22.1 Å². The number of nitrogens with one attached hydrogen (secondary N) is 1. The summed E-state index contributed by atoms with van der Waals surface area (Å²) in [5.41, 5.74) is 1.38. The largest absolute Gasteiger partial charge is 0.495 e. The first-order valence-corrected chi connectivity index (χ1v) is 8.07. The van der Waals surface area contributed by atoms with Crippen LogP contribution in [0, 0.1) is 0 Å². The van der Waals surface area contributed by atoms with E-state index in [0.29, 0.717) is 34.5 Å². The van der Waals surface area contributed by atoms with Crippen molar-refractivity contribution >= 4 is 23.2 Å². The second-order valence-electron chi connectivity index (χ2n) is 5.30. The number of nitrogens with zero attached hydrogens (tertiary/aromatic N) is 2. The van der Waals surface area contributed by atoms with Gasteiger partial charge in [0, 0.05) is 12.1 Å². The second-order valence-corrected chi connectivity index (χ2v) is 5.71. The summed E-state index contributed by atoms with van der Waals surface area (Å²) in [7, 11) is 2.95. The fourth-order valence-corrected chi connectivity index (χ4v) is 2.55. The molecule has 1 amide bonds. The van der Waals surface area contributed by atoms with Crippen molar-refractivity contribution in [3.8, 4) is 11.5 Å². The Kier molecular flexibility index (Phi) is 5.38. The van der Waals surface area contributed by atoms with Crippen LogP contribution in [0.5, 0.6) is 11.5 Å². The Bertz CT molecular complexity index is 912. The number of carbonyl (C=O) groups excluding carboxylic acids is 1. The summed E-state index contributed by atoms with van der Waals surface area (Å²) in [6, 6.07) is 12.7. The molecule has 7 nitrogen and oxygen atoms in total. The lowest BCUT2D eigenvalue weighted by atomic mass is 10.2. The third kappa shape index (κ3) is 3.94. The van der Waals surface area contributed by atoms with E-state index >= 15 is 0 Å². The predicted molar refractivity (Wildman–Crippen MR) is 96.1 cm³/mol. The molecule has 0 saturated heterocycles. The monoisotopic (exact) mass is 373 g/mol. The van der Waals surface area contributed by atoms with Crippen LogP contribution in [-0.4, -0.2) is 30.3 Å². The molecule has 0 aliphatic carbocycles. The van der Waals surface area contributed by atoms with Gasteiger partial charge in [0.05, 0.1) is 31.4 Å². The fourth-order valence-electron chi connectivity index (χ4n) is 2.32. The molecule has 0 spiro atoms. The van der Waals surface area contributed by atoms with Gasteiger partial charge in [-0.2, -0.15) is 0 Å². The quantitative estimate of drug-likeness (QED) is 0.710. The van der Waals surface area contributed by atoms with Crippen LogP contribution < -0.4 is 14.8 Å². The molecule has 3 rings (SSSR count). The van der Waals surface area contributed by atoms with E-state index in [-0.39, 0.29) is 5.89 Å². The molecule has 134 valence electrons. The number of aromatic nitrogens is 2. The van der Waals surface area contributed by atoms with Crippen molar-refractivity contribution in [3.63, 3.8) is 0 Å². The van der Waals surface area contributed by atoms with E-state index in [9.17, 15) is 4.79 Å². The number of amides is 1. The number of methoxy groups -OCH3 is 2. The molecule has 0 unspecified atom stereocenters. The Hall–Kier alpha value is -3.06. The Morgan fingerprint density at radius 2 is 1.85 bits per heavy atom. The number of benzene rings is 2. The molecule has 8 heteroatoms. The lowest BCUT2D eigenvalue weighted by molar-refractivity contribution is 0.0988. The number of hydrogen-bond acceptors (Lipinski definition) is 6. The lowest BCUT2D eigenvalue weighted by Gasteiger charge is -2.12. The smallest absolute Gasteiger partial charge is 0.313 e. The number of ether oxygens (including phenoxy) is 2. The Morgan fingerprint density at radius 1 is 1.12 bits per heavy atom. The summed E-state index contributed by atoms with van der Waals surface area (Å²) in [4.78, 5) is 12.4. The van der Waals surface area contributed by atoms with Crippen molar-refractivity contribution in [2.24, 2.45) is 0 Å². The van der Waals surface area contributed by atoms with Gasteiger partial charge in [-0.05, 0) is 5.56 Å². The van der Waals surface area contributed by atoms with Crippen LogP contribution in [0.25, 0.3) is 0 Å². The van der Waals surface area contributed by atoms with Crippen molar-refractivity contribution in [3.05, 3.63) is 64.8 Å². The van der Waals surface area contributed by atoms with Crippen molar-refractivity contribution in [2.45, 2.75) is 6.42 Å². The van der Waals surface area contributed by atoms with E-state index in [2.05, 4.69) is 15.5 Å². The number of rotatable bonds is 6. The molecule has 0 bridgehead atoms. The molecule has 26 heavy (non-hydrogen) atoms. The van der Waals surface area contributed by atoms with Crippen LogP contribution in [0.15, 0.2) is 46.9 Å². The summed E-state index contributed by atoms with van der Waals surface area (Å²) in [5.74, 6) is 0.430. The average Bonchev–Trinajstić information content (AvgIpc) is 3.12. The van der Waals surface area contributed by atoms with Gasteiger partial charge in [-0.3, -0.25) is 4.79 Å².